The summed E-state index contributed by atoms with van der Waals surface area (Å²) >= 11 is 0. The van der Waals surface area contributed by atoms with Crippen molar-refractivity contribution >= 4 is 5.91 Å². The Morgan fingerprint density at radius 2 is 2.45 bits per heavy atom. The number of carbonyl (C=O) groups is 1. The zero-order valence-corrected chi connectivity index (χ0v) is 6.97. The lowest BCUT2D eigenvalue weighted by Gasteiger charge is -2.06. The molecule has 0 heterocycles. The summed E-state index contributed by atoms with van der Waals surface area (Å²) in [6.45, 7) is 6.45. The monoisotopic (exact) mass is 156 g/mol. The van der Waals surface area contributed by atoms with E-state index in [2.05, 4.69) is 11.9 Å². The largest absolute Gasteiger partial charge is 0.370 e. The van der Waals surface area contributed by atoms with Crippen LogP contribution < -0.4 is 11.1 Å². The molecule has 0 aliphatic carbocycles. The molecule has 1 amide bonds. The summed E-state index contributed by atoms with van der Waals surface area (Å²) in [7, 11) is 0. The molecular formula is C8H16N2O. The van der Waals surface area contributed by atoms with E-state index in [1.54, 1.807) is 0 Å². The van der Waals surface area contributed by atoms with Crippen LogP contribution in [0.2, 0.25) is 0 Å². The number of nitrogens with two attached hydrogens (primary N) is 1. The summed E-state index contributed by atoms with van der Waals surface area (Å²) in [6.07, 6.45) is 3.08. The molecule has 0 radical (unpaired) electrons. The second-order valence-corrected chi connectivity index (χ2v) is 2.55. The lowest BCUT2D eigenvalue weighted by molar-refractivity contribution is -0.118. The van der Waals surface area contributed by atoms with Crippen LogP contribution in [0, 0.1) is 0 Å². The molecule has 0 aliphatic heterocycles. The van der Waals surface area contributed by atoms with Gasteiger partial charge in [-0.15, -0.1) is 6.58 Å². The van der Waals surface area contributed by atoms with E-state index < -0.39 is 0 Å². The van der Waals surface area contributed by atoms with Crippen molar-refractivity contribution in [3.8, 4) is 0 Å². The van der Waals surface area contributed by atoms with Gasteiger partial charge in [0.05, 0.1) is 0 Å². The van der Waals surface area contributed by atoms with Gasteiger partial charge in [-0.05, 0) is 19.9 Å². The molecule has 0 rings (SSSR count). The maximum absolute atomic E-state index is 10.3. The van der Waals surface area contributed by atoms with Gasteiger partial charge in [0.15, 0.2) is 0 Å². The highest BCUT2D eigenvalue weighted by Crippen LogP contribution is 1.87. The van der Waals surface area contributed by atoms with Gasteiger partial charge in [0.1, 0.15) is 0 Å². The second-order valence-electron chi connectivity index (χ2n) is 2.55. The van der Waals surface area contributed by atoms with E-state index in [4.69, 9.17) is 5.73 Å². The first-order chi connectivity index (χ1) is 5.16. The molecule has 0 aromatic rings. The lowest BCUT2D eigenvalue weighted by atomic mass is 10.2. The third-order valence-electron chi connectivity index (χ3n) is 1.42. The SMILES string of the molecule is C=CC(C)NCCCC(N)=O. The molecule has 64 valence electrons. The van der Waals surface area contributed by atoms with Crippen molar-refractivity contribution in [3.63, 3.8) is 0 Å². The Labute approximate surface area is 67.7 Å². The predicted octanol–water partition coefficient (Wildman–Crippen LogP) is 0.416. The van der Waals surface area contributed by atoms with Crippen molar-refractivity contribution in [2.24, 2.45) is 5.73 Å². The molecule has 0 aromatic heterocycles. The van der Waals surface area contributed by atoms with E-state index in [1.807, 2.05) is 13.0 Å². The molecule has 1 atom stereocenters. The Bertz CT molecular complexity index is 134. The van der Waals surface area contributed by atoms with Crippen LogP contribution in [0.4, 0.5) is 0 Å². The molecule has 0 bridgehead atoms. The standard InChI is InChI=1S/C8H16N2O/c1-3-7(2)10-6-4-5-8(9)11/h3,7,10H,1,4-6H2,2H3,(H2,9,11). The summed E-state index contributed by atoms with van der Waals surface area (Å²) in [5.41, 5.74) is 4.95. The zero-order valence-electron chi connectivity index (χ0n) is 6.97. The van der Waals surface area contributed by atoms with Gasteiger partial charge < -0.3 is 11.1 Å². The molecule has 0 fully saturated rings. The number of amides is 1. The maximum atomic E-state index is 10.3. The van der Waals surface area contributed by atoms with Gasteiger partial charge in [-0.2, -0.15) is 0 Å². The Kier molecular flexibility index (Phi) is 5.47. The number of rotatable bonds is 6. The van der Waals surface area contributed by atoms with Gasteiger partial charge in [0.25, 0.3) is 0 Å². The van der Waals surface area contributed by atoms with Crippen LogP contribution in [0.1, 0.15) is 19.8 Å². The van der Waals surface area contributed by atoms with Crippen LogP contribution in [-0.4, -0.2) is 18.5 Å². The quantitative estimate of drug-likeness (QED) is 0.432. The third kappa shape index (κ3) is 7.06. The minimum absolute atomic E-state index is 0.238. The van der Waals surface area contributed by atoms with Gasteiger partial charge in [0, 0.05) is 12.5 Å². The van der Waals surface area contributed by atoms with Crippen LogP contribution in [0.3, 0.4) is 0 Å². The molecule has 0 saturated carbocycles. The van der Waals surface area contributed by atoms with Gasteiger partial charge >= 0.3 is 0 Å². The topological polar surface area (TPSA) is 55.1 Å². The minimum atomic E-state index is -0.238. The molecule has 0 aliphatic rings. The van der Waals surface area contributed by atoms with Crippen LogP contribution in [0.5, 0.6) is 0 Å². The highest BCUT2D eigenvalue weighted by molar-refractivity contribution is 5.73. The number of nitrogens with one attached hydrogen (secondary N) is 1. The smallest absolute Gasteiger partial charge is 0.217 e. The van der Waals surface area contributed by atoms with Crippen LogP contribution in [0.25, 0.3) is 0 Å². The predicted molar refractivity (Wildman–Crippen MR) is 46.1 cm³/mol. The average Bonchev–Trinajstić information content (AvgIpc) is 1.97. The Morgan fingerprint density at radius 1 is 1.82 bits per heavy atom. The van der Waals surface area contributed by atoms with Gasteiger partial charge in [-0.25, -0.2) is 0 Å². The van der Waals surface area contributed by atoms with E-state index in [0.29, 0.717) is 12.5 Å². The highest BCUT2D eigenvalue weighted by atomic mass is 16.1. The van der Waals surface area contributed by atoms with Crippen molar-refractivity contribution in [1.82, 2.24) is 5.32 Å². The Hall–Kier alpha value is -0.830. The number of hydrogen-bond donors (Lipinski definition) is 2. The summed E-state index contributed by atoms with van der Waals surface area (Å²) in [5, 5.41) is 3.16. The Morgan fingerprint density at radius 3 is 2.91 bits per heavy atom. The average molecular weight is 156 g/mol. The molecule has 0 saturated heterocycles. The van der Waals surface area contributed by atoms with Crippen LogP contribution in [0.15, 0.2) is 12.7 Å². The van der Waals surface area contributed by atoms with Crippen molar-refractivity contribution in [2.45, 2.75) is 25.8 Å². The van der Waals surface area contributed by atoms with Crippen molar-refractivity contribution in [3.05, 3.63) is 12.7 Å². The van der Waals surface area contributed by atoms with Crippen molar-refractivity contribution in [2.75, 3.05) is 6.54 Å². The fourth-order valence-electron chi connectivity index (χ4n) is 0.676. The number of hydrogen-bond acceptors (Lipinski definition) is 2. The molecule has 11 heavy (non-hydrogen) atoms. The first kappa shape index (κ1) is 10.2. The van der Waals surface area contributed by atoms with Crippen molar-refractivity contribution in [1.29, 1.82) is 0 Å². The zero-order chi connectivity index (χ0) is 8.69. The molecule has 3 heteroatoms. The minimum Gasteiger partial charge on any atom is -0.370 e. The van der Waals surface area contributed by atoms with Gasteiger partial charge in [-0.3, -0.25) is 4.79 Å². The van der Waals surface area contributed by atoms with E-state index >= 15 is 0 Å². The normalized spacial score (nSPS) is 12.5. The molecule has 1 unspecified atom stereocenters. The third-order valence-corrected chi connectivity index (χ3v) is 1.42. The van der Waals surface area contributed by atoms with Crippen LogP contribution in [-0.2, 0) is 4.79 Å². The summed E-state index contributed by atoms with van der Waals surface area (Å²) < 4.78 is 0. The number of primary amides is 1. The van der Waals surface area contributed by atoms with Gasteiger partial charge in [0.2, 0.25) is 5.91 Å². The molecule has 0 aromatic carbocycles. The summed E-state index contributed by atoms with van der Waals surface area (Å²) in [4.78, 5) is 10.3. The van der Waals surface area contributed by atoms with E-state index in [9.17, 15) is 4.79 Å². The molecule has 3 N–H and O–H groups in total. The van der Waals surface area contributed by atoms with E-state index in [1.165, 1.54) is 0 Å². The fourth-order valence-corrected chi connectivity index (χ4v) is 0.676. The lowest BCUT2D eigenvalue weighted by Crippen LogP contribution is -2.25. The van der Waals surface area contributed by atoms with E-state index in [0.717, 1.165) is 13.0 Å². The Balaban J connectivity index is 3.14. The second kappa shape index (κ2) is 5.92. The summed E-state index contributed by atoms with van der Waals surface area (Å²) in [5.74, 6) is -0.238. The molecule has 3 nitrogen and oxygen atoms in total. The van der Waals surface area contributed by atoms with Gasteiger partial charge in [-0.1, -0.05) is 6.08 Å². The first-order valence-electron chi connectivity index (χ1n) is 3.81. The van der Waals surface area contributed by atoms with Crippen molar-refractivity contribution < 1.29 is 4.79 Å². The first-order valence-corrected chi connectivity index (χ1v) is 3.81. The molecular weight excluding hydrogens is 140 g/mol. The highest BCUT2D eigenvalue weighted by Gasteiger charge is 1.95. The summed E-state index contributed by atoms with van der Waals surface area (Å²) in [6, 6.07) is 0.308. The van der Waals surface area contributed by atoms with Crippen LogP contribution >= 0.6 is 0 Å². The maximum Gasteiger partial charge on any atom is 0.217 e. The molecule has 0 spiro atoms. The van der Waals surface area contributed by atoms with E-state index in [-0.39, 0.29) is 5.91 Å². The fraction of sp³-hybridized carbons (Fsp3) is 0.625. The number of carbonyl (C=O) groups excluding carboxylic acids is 1.